The van der Waals surface area contributed by atoms with E-state index in [-0.39, 0.29) is 5.91 Å². The number of benzene rings is 2. The lowest BCUT2D eigenvalue weighted by Crippen LogP contribution is -2.49. The molecule has 4 aromatic rings. The van der Waals surface area contributed by atoms with Gasteiger partial charge in [-0.3, -0.25) is 4.79 Å². The molecule has 176 valence electrons. The molecule has 0 N–H and O–H groups in total. The number of hydrogen-bond acceptors (Lipinski definition) is 6. The van der Waals surface area contributed by atoms with Gasteiger partial charge in [0.2, 0.25) is 5.95 Å². The third-order valence-corrected chi connectivity index (χ3v) is 6.63. The summed E-state index contributed by atoms with van der Waals surface area (Å²) in [6.07, 6.45) is 3.83. The number of halogens is 1. The van der Waals surface area contributed by atoms with Crippen molar-refractivity contribution in [2.45, 2.75) is 13.3 Å². The van der Waals surface area contributed by atoms with Gasteiger partial charge in [-0.25, -0.2) is 4.98 Å². The monoisotopic (exact) mass is 486 g/mol. The Kier molecular flexibility index (Phi) is 5.37. The summed E-state index contributed by atoms with van der Waals surface area (Å²) in [7, 11) is 0. The molecule has 2 aromatic heterocycles. The molecule has 0 radical (unpaired) electrons. The number of rotatable bonds is 3. The Bertz CT molecular complexity index is 1470. The van der Waals surface area contributed by atoms with E-state index in [0.29, 0.717) is 54.9 Å². The first-order valence-electron chi connectivity index (χ1n) is 11.5. The predicted octanol–water partition coefficient (Wildman–Crippen LogP) is 3.92. The number of carbonyl (C=O) groups excluding carboxylic acids is 1. The fraction of sp³-hybridized carbons (Fsp3) is 0.231. The molecule has 2 aromatic carbocycles. The van der Waals surface area contributed by atoms with Crippen LogP contribution < -0.4 is 9.64 Å². The van der Waals surface area contributed by atoms with Crippen LogP contribution in [-0.2, 0) is 11.2 Å². The second-order valence-electron chi connectivity index (χ2n) is 8.79. The average Bonchev–Trinajstić information content (AvgIpc) is 3.32. The number of nitrogens with zero attached hydrogens (tertiary/aromatic N) is 6. The number of amides is 1. The Hall–Kier alpha value is -3.91. The van der Waals surface area contributed by atoms with E-state index in [2.05, 4.69) is 40.0 Å². The van der Waals surface area contributed by atoms with Gasteiger partial charge in [0.25, 0.3) is 11.7 Å². The van der Waals surface area contributed by atoms with Crippen molar-refractivity contribution >= 4 is 29.2 Å². The van der Waals surface area contributed by atoms with Crippen LogP contribution in [0.5, 0.6) is 5.75 Å². The number of aryl methyl sites for hydroxylation is 1. The smallest absolute Gasteiger partial charge is 0.254 e. The Balaban J connectivity index is 1.16. The van der Waals surface area contributed by atoms with Crippen LogP contribution in [0.4, 0.5) is 5.95 Å². The number of piperazine rings is 1. The molecule has 0 unspecified atom stereocenters. The number of aromatic nitrogens is 4. The first-order chi connectivity index (χ1) is 17.0. The van der Waals surface area contributed by atoms with Crippen LogP contribution in [0.25, 0.3) is 17.0 Å². The van der Waals surface area contributed by atoms with Crippen LogP contribution >= 0.6 is 11.6 Å². The molecule has 6 rings (SSSR count). The molecule has 1 amide bonds. The highest BCUT2D eigenvalue weighted by molar-refractivity contribution is 6.30. The number of hydrogen-bond donors (Lipinski definition) is 0. The highest BCUT2D eigenvalue weighted by atomic mass is 35.5. The predicted molar refractivity (Wildman–Crippen MR) is 134 cm³/mol. The Morgan fingerprint density at radius 3 is 2.74 bits per heavy atom. The Morgan fingerprint density at radius 1 is 1.06 bits per heavy atom. The van der Waals surface area contributed by atoms with Crippen molar-refractivity contribution in [2.24, 2.45) is 0 Å². The SMILES string of the molecule is Cc1cccc(-c2ccnc3nc(N4CCN(C(=O)C5=COc6ccc(Cl)cc6C5)CC4)nn23)c1. The summed E-state index contributed by atoms with van der Waals surface area (Å²) in [6.45, 7) is 4.50. The first kappa shape index (κ1) is 21.6. The molecule has 0 bridgehead atoms. The average molecular weight is 487 g/mol. The molecule has 4 heterocycles. The molecule has 0 spiro atoms. The van der Waals surface area contributed by atoms with Crippen molar-refractivity contribution < 1.29 is 9.53 Å². The van der Waals surface area contributed by atoms with E-state index in [0.717, 1.165) is 22.6 Å². The first-order valence-corrected chi connectivity index (χ1v) is 11.9. The van der Waals surface area contributed by atoms with Gasteiger partial charge >= 0.3 is 0 Å². The quantitative estimate of drug-likeness (QED) is 0.437. The fourth-order valence-corrected chi connectivity index (χ4v) is 4.76. The highest BCUT2D eigenvalue weighted by Crippen LogP contribution is 2.30. The van der Waals surface area contributed by atoms with Crippen molar-refractivity contribution in [3.63, 3.8) is 0 Å². The summed E-state index contributed by atoms with van der Waals surface area (Å²) >= 11 is 6.11. The molecule has 1 saturated heterocycles. The van der Waals surface area contributed by atoms with Gasteiger partial charge in [-0.15, -0.1) is 5.10 Å². The van der Waals surface area contributed by atoms with Crippen molar-refractivity contribution in [3.05, 3.63) is 82.7 Å². The summed E-state index contributed by atoms with van der Waals surface area (Å²) in [5.74, 6) is 1.90. The van der Waals surface area contributed by atoms with E-state index in [9.17, 15) is 4.79 Å². The molecule has 35 heavy (non-hydrogen) atoms. The van der Waals surface area contributed by atoms with Crippen LogP contribution in [0.15, 0.2) is 66.6 Å². The second-order valence-corrected chi connectivity index (χ2v) is 9.23. The van der Waals surface area contributed by atoms with E-state index in [4.69, 9.17) is 21.4 Å². The summed E-state index contributed by atoms with van der Waals surface area (Å²) in [5, 5.41) is 5.39. The molecule has 9 heteroatoms. The lowest BCUT2D eigenvalue weighted by molar-refractivity contribution is -0.127. The Morgan fingerprint density at radius 2 is 1.91 bits per heavy atom. The lowest BCUT2D eigenvalue weighted by atomic mass is 10.0. The van der Waals surface area contributed by atoms with E-state index in [1.54, 1.807) is 23.0 Å². The largest absolute Gasteiger partial charge is 0.464 e. The Labute approximate surface area is 207 Å². The lowest BCUT2D eigenvalue weighted by Gasteiger charge is -2.34. The molecule has 0 aliphatic carbocycles. The van der Waals surface area contributed by atoms with E-state index < -0.39 is 0 Å². The van der Waals surface area contributed by atoms with Crippen molar-refractivity contribution in [3.8, 4) is 17.0 Å². The fourth-order valence-electron chi connectivity index (χ4n) is 4.56. The molecule has 0 atom stereocenters. The molecule has 0 saturated carbocycles. The van der Waals surface area contributed by atoms with Crippen LogP contribution in [0, 0.1) is 6.92 Å². The molecule has 2 aliphatic heterocycles. The van der Waals surface area contributed by atoms with Gasteiger partial charge in [-0.1, -0.05) is 35.4 Å². The van der Waals surface area contributed by atoms with Gasteiger partial charge in [0, 0.05) is 54.9 Å². The standard InChI is InChI=1S/C26H23ClN6O2/c1-17-3-2-4-18(13-17)22-7-8-28-25-29-26(30-33(22)25)32-11-9-31(10-12-32)24(34)20-14-19-15-21(27)5-6-23(19)35-16-20/h2-8,13,15-16H,9-12,14H2,1H3. The van der Waals surface area contributed by atoms with Gasteiger partial charge in [0.15, 0.2) is 0 Å². The van der Waals surface area contributed by atoms with Crippen LogP contribution in [-0.4, -0.2) is 56.6 Å². The van der Waals surface area contributed by atoms with Crippen LogP contribution in [0.1, 0.15) is 11.1 Å². The molecular weight excluding hydrogens is 464 g/mol. The van der Waals surface area contributed by atoms with Crippen molar-refractivity contribution in [2.75, 3.05) is 31.1 Å². The van der Waals surface area contributed by atoms with Crippen molar-refractivity contribution in [1.82, 2.24) is 24.5 Å². The number of carbonyl (C=O) groups is 1. The van der Waals surface area contributed by atoms with E-state index >= 15 is 0 Å². The highest BCUT2D eigenvalue weighted by Gasteiger charge is 2.28. The van der Waals surface area contributed by atoms with Gasteiger partial charge in [0.1, 0.15) is 12.0 Å². The van der Waals surface area contributed by atoms with Crippen molar-refractivity contribution in [1.29, 1.82) is 0 Å². The minimum Gasteiger partial charge on any atom is -0.464 e. The third-order valence-electron chi connectivity index (χ3n) is 6.40. The number of fused-ring (bicyclic) bond motifs is 2. The zero-order valence-electron chi connectivity index (χ0n) is 19.2. The molecule has 1 fully saturated rings. The minimum absolute atomic E-state index is 0.0124. The maximum atomic E-state index is 13.1. The molecular formula is C26H23ClN6O2. The van der Waals surface area contributed by atoms with E-state index in [1.807, 2.05) is 29.2 Å². The van der Waals surface area contributed by atoms with Crippen LogP contribution in [0.2, 0.25) is 5.02 Å². The minimum atomic E-state index is -0.0124. The van der Waals surface area contributed by atoms with Gasteiger partial charge < -0.3 is 14.5 Å². The zero-order valence-corrected chi connectivity index (χ0v) is 19.9. The zero-order chi connectivity index (χ0) is 23.9. The normalized spacial score (nSPS) is 15.5. The van der Waals surface area contributed by atoms with Gasteiger partial charge in [-0.05, 0) is 37.3 Å². The van der Waals surface area contributed by atoms with E-state index in [1.165, 1.54) is 5.56 Å². The maximum absolute atomic E-state index is 13.1. The van der Waals surface area contributed by atoms with Gasteiger partial charge in [0.05, 0.1) is 11.3 Å². The summed E-state index contributed by atoms with van der Waals surface area (Å²) in [6, 6.07) is 15.7. The van der Waals surface area contributed by atoms with Gasteiger partial charge in [-0.2, -0.15) is 9.50 Å². The maximum Gasteiger partial charge on any atom is 0.254 e. The summed E-state index contributed by atoms with van der Waals surface area (Å²) in [5.41, 5.74) is 4.74. The number of ether oxygens (including phenoxy) is 1. The topological polar surface area (TPSA) is 75.9 Å². The van der Waals surface area contributed by atoms with Crippen LogP contribution in [0.3, 0.4) is 0 Å². The summed E-state index contributed by atoms with van der Waals surface area (Å²) < 4.78 is 7.46. The number of anilines is 1. The molecule has 2 aliphatic rings. The second kappa shape index (κ2) is 8.70. The third kappa shape index (κ3) is 4.10. The summed E-state index contributed by atoms with van der Waals surface area (Å²) in [4.78, 5) is 26.2. The molecule has 8 nitrogen and oxygen atoms in total.